The summed E-state index contributed by atoms with van der Waals surface area (Å²) in [4.78, 5) is 0. The zero-order valence-electron chi connectivity index (χ0n) is 10.4. The molecular weight excluding hydrogens is 316 g/mol. The van der Waals surface area contributed by atoms with E-state index in [0.29, 0.717) is 6.92 Å². The summed E-state index contributed by atoms with van der Waals surface area (Å²) in [6.45, 7) is -1.17. The molecule has 0 unspecified atom stereocenters. The molecule has 120 valence electrons. The largest absolute Gasteiger partial charge is 0.427 e. The first kappa shape index (κ1) is 17.5. The molecule has 0 amide bonds. The minimum atomic E-state index is -6.01. The van der Waals surface area contributed by atoms with E-state index in [1.165, 1.54) is 0 Å². The molecule has 1 aliphatic heterocycles. The topological polar surface area (TPSA) is 46.6 Å². The zero-order valence-corrected chi connectivity index (χ0v) is 11.2. The number of alkyl halides is 6. The highest BCUT2D eigenvalue weighted by Crippen LogP contribution is 2.50. The third-order valence-electron chi connectivity index (χ3n) is 2.90. The van der Waals surface area contributed by atoms with Gasteiger partial charge in [0.15, 0.2) is 0 Å². The molecule has 0 atom stereocenters. The molecule has 1 aliphatic rings. The fraction of sp³-hybridized carbons (Fsp3) is 1.00. The number of hydrogen-bond acceptors (Lipinski definition) is 3. The molecule has 0 N–H and O–H groups in total. The van der Waals surface area contributed by atoms with Gasteiger partial charge in [0.2, 0.25) is 0 Å². The van der Waals surface area contributed by atoms with Crippen LogP contribution in [0.4, 0.5) is 26.3 Å². The molecule has 0 aromatic rings. The van der Waals surface area contributed by atoms with Gasteiger partial charge in [-0.05, 0) is 0 Å². The van der Waals surface area contributed by atoms with Crippen LogP contribution in [0.3, 0.4) is 0 Å². The number of halogens is 6. The maximum atomic E-state index is 13.5. The second kappa shape index (κ2) is 5.34. The van der Waals surface area contributed by atoms with Crippen LogP contribution in [-0.2, 0) is 14.8 Å². The minimum absolute atomic E-state index is 0.0378. The normalized spacial score (nSPS) is 20.1. The fourth-order valence-corrected chi connectivity index (χ4v) is 2.97. The van der Waals surface area contributed by atoms with Gasteiger partial charge in [-0.15, -0.1) is 0 Å². The molecule has 0 aromatic heterocycles. The summed E-state index contributed by atoms with van der Waals surface area (Å²) in [5.74, 6) is -11.2. The summed E-state index contributed by atoms with van der Waals surface area (Å²) < 4.78 is 107. The summed E-state index contributed by atoms with van der Waals surface area (Å²) in [5.41, 5.74) is 0. The Kier molecular flexibility index (Phi) is 4.67. The van der Waals surface area contributed by atoms with Crippen LogP contribution in [0.2, 0.25) is 0 Å². The van der Waals surface area contributed by atoms with Gasteiger partial charge in [-0.2, -0.15) is 30.6 Å². The Morgan fingerprint density at radius 2 is 1.50 bits per heavy atom. The van der Waals surface area contributed by atoms with Crippen molar-refractivity contribution >= 4 is 10.0 Å². The van der Waals surface area contributed by atoms with Crippen LogP contribution < -0.4 is 0 Å². The van der Waals surface area contributed by atoms with Crippen molar-refractivity contribution in [3.8, 4) is 0 Å². The highest BCUT2D eigenvalue weighted by Gasteiger charge is 2.77. The van der Waals surface area contributed by atoms with Gasteiger partial charge in [-0.3, -0.25) is 0 Å². The van der Waals surface area contributed by atoms with E-state index in [2.05, 4.69) is 0 Å². The number of morpholine rings is 1. The molecule has 11 heteroatoms. The molecule has 0 spiro atoms. The van der Waals surface area contributed by atoms with Crippen molar-refractivity contribution in [3.63, 3.8) is 0 Å². The third kappa shape index (κ3) is 2.50. The molecule has 0 aromatic carbocycles. The predicted octanol–water partition coefficient (Wildman–Crippen LogP) is 1.92. The van der Waals surface area contributed by atoms with Crippen molar-refractivity contribution in [2.75, 3.05) is 26.3 Å². The van der Waals surface area contributed by atoms with E-state index in [-0.39, 0.29) is 17.5 Å². The first-order valence-corrected chi connectivity index (χ1v) is 7.06. The lowest BCUT2D eigenvalue weighted by Gasteiger charge is -2.35. The van der Waals surface area contributed by atoms with Crippen LogP contribution in [-0.4, -0.2) is 56.1 Å². The lowest BCUT2D eigenvalue weighted by Crippen LogP contribution is -2.61. The van der Waals surface area contributed by atoms with Crippen LogP contribution in [0.25, 0.3) is 0 Å². The molecule has 0 radical (unpaired) electrons. The van der Waals surface area contributed by atoms with Crippen molar-refractivity contribution in [2.45, 2.75) is 30.4 Å². The number of hydrogen-bond donors (Lipinski definition) is 0. The average Bonchev–Trinajstić information content (AvgIpc) is 2.39. The quantitative estimate of drug-likeness (QED) is 0.724. The van der Waals surface area contributed by atoms with Gasteiger partial charge in [0, 0.05) is 19.5 Å². The Labute approximate surface area is 111 Å². The standard InChI is InChI=1S/C9H13F6NO3S/c1-2-7(10,11)8(12,13)9(14,15)20(17,18)16-3-5-19-6-4-16/h2-6H2,1H3. The first-order chi connectivity index (χ1) is 8.92. The van der Waals surface area contributed by atoms with E-state index in [9.17, 15) is 34.8 Å². The lowest BCUT2D eigenvalue weighted by atomic mass is 10.1. The molecule has 20 heavy (non-hydrogen) atoms. The summed E-state index contributed by atoms with van der Waals surface area (Å²) in [7, 11) is -5.92. The predicted molar refractivity (Wildman–Crippen MR) is 56.4 cm³/mol. The van der Waals surface area contributed by atoms with Gasteiger partial charge in [-0.25, -0.2) is 8.42 Å². The lowest BCUT2D eigenvalue weighted by molar-refractivity contribution is -0.280. The molecule has 0 saturated carbocycles. The Bertz CT molecular complexity index is 447. The Morgan fingerprint density at radius 3 is 1.90 bits per heavy atom. The number of rotatable bonds is 5. The average molecular weight is 329 g/mol. The number of nitrogens with zero attached hydrogens (tertiary/aromatic N) is 1. The second-order valence-electron chi connectivity index (χ2n) is 4.17. The second-order valence-corrected chi connectivity index (χ2v) is 6.14. The Balaban J connectivity index is 3.20. The van der Waals surface area contributed by atoms with Crippen LogP contribution in [0.5, 0.6) is 0 Å². The van der Waals surface area contributed by atoms with Crippen molar-refractivity contribution in [1.82, 2.24) is 4.31 Å². The molecule has 0 aliphatic carbocycles. The molecule has 1 saturated heterocycles. The van der Waals surface area contributed by atoms with Gasteiger partial charge in [0.25, 0.3) is 10.0 Å². The fourth-order valence-electron chi connectivity index (χ4n) is 1.55. The van der Waals surface area contributed by atoms with Crippen LogP contribution in [0.1, 0.15) is 13.3 Å². The first-order valence-electron chi connectivity index (χ1n) is 5.62. The SMILES string of the molecule is CCC(F)(F)C(F)(F)C(F)(F)S(=O)(=O)N1CCOCC1. The summed E-state index contributed by atoms with van der Waals surface area (Å²) >= 11 is 0. The maximum absolute atomic E-state index is 13.5. The third-order valence-corrected chi connectivity index (χ3v) is 4.85. The zero-order chi connectivity index (χ0) is 15.8. The summed E-state index contributed by atoms with van der Waals surface area (Å²) in [5, 5.41) is -5.91. The van der Waals surface area contributed by atoms with Crippen molar-refractivity contribution < 1.29 is 39.5 Å². The number of ether oxygens (including phenoxy) is 1. The smallest absolute Gasteiger partial charge is 0.379 e. The Morgan fingerprint density at radius 1 is 1.05 bits per heavy atom. The maximum Gasteiger partial charge on any atom is 0.427 e. The van der Waals surface area contributed by atoms with E-state index in [4.69, 9.17) is 4.74 Å². The molecule has 0 bridgehead atoms. The Hall–Kier alpha value is -0.550. The monoisotopic (exact) mass is 329 g/mol. The highest BCUT2D eigenvalue weighted by atomic mass is 32.2. The van der Waals surface area contributed by atoms with Gasteiger partial charge < -0.3 is 4.74 Å². The van der Waals surface area contributed by atoms with Crippen molar-refractivity contribution in [2.24, 2.45) is 0 Å². The molecule has 1 fully saturated rings. The van der Waals surface area contributed by atoms with Crippen molar-refractivity contribution in [3.05, 3.63) is 0 Å². The highest BCUT2D eigenvalue weighted by molar-refractivity contribution is 7.90. The number of sulfonamides is 1. The van der Waals surface area contributed by atoms with Gasteiger partial charge in [0.1, 0.15) is 0 Å². The van der Waals surface area contributed by atoms with Crippen LogP contribution in [0, 0.1) is 0 Å². The van der Waals surface area contributed by atoms with Crippen LogP contribution in [0.15, 0.2) is 0 Å². The van der Waals surface area contributed by atoms with E-state index < -0.39 is 46.6 Å². The van der Waals surface area contributed by atoms with Crippen molar-refractivity contribution in [1.29, 1.82) is 0 Å². The van der Waals surface area contributed by atoms with E-state index in [1.54, 1.807) is 0 Å². The van der Waals surface area contributed by atoms with E-state index >= 15 is 0 Å². The van der Waals surface area contributed by atoms with Crippen LogP contribution >= 0.6 is 0 Å². The molecule has 1 heterocycles. The molecule has 1 rings (SSSR count). The summed E-state index contributed by atoms with van der Waals surface area (Å²) in [6, 6.07) is 0. The van der Waals surface area contributed by atoms with E-state index in [1.807, 2.05) is 0 Å². The molecule has 4 nitrogen and oxygen atoms in total. The van der Waals surface area contributed by atoms with Gasteiger partial charge >= 0.3 is 17.1 Å². The van der Waals surface area contributed by atoms with E-state index in [0.717, 1.165) is 0 Å². The van der Waals surface area contributed by atoms with Gasteiger partial charge in [-0.1, -0.05) is 6.92 Å². The molecular formula is C9H13F6NO3S. The summed E-state index contributed by atoms with van der Waals surface area (Å²) in [6.07, 6.45) is -1.62. The minimum Gasteiger partial charge on any atom is -0.379 e. The van der Waals surface area contributed by atoms with Gasteiger partial charge in [0.05, 0.1) is 13.2 Å².